The van der Waals surface area contributed by atoms with Gasteiger partial charge in [0.2, 0.25) is 11.5 Å². The van der Waals surface area contributed by atoms with Gasteiger partial charge in [0.15, 0.2) is 23.7 Å². The van der Waals surface area contributed by atoms with Crippen molar-refractivity contribution in [1.29, 1.82) is 0 Å². The molecule has 0 unspecified atom stereocenters. The van der Waals surface area contributed by atoms with Crippen LogP contribution in [0, 0.1) is 0 Å². The fourth-order valence-electron chi connectivity index (χ4n) is 2.90. The summed E-state index contributed by atoms with van der Waals surface area (Å²) in [6, 6.07) is 5.50. The van der Waals surface area contributed by atoms with Gasteiger partial charge < -0.3 is 34.3 Å². The molecule has 26 heavy (non-hydrogen) atoms. The van der Waals surface area contributed by atoms with Crippen LogP contribution in [0.2, 0.25) is 0 Å². The summed E-state index contributed by atoms with van der Waals surface area (Å²) in [4.78, 5) is 12.5. The summed E-state index contributed by atoms with van der Waals surface area (Å²) in [7, 11) is 4.17. The Bertz CT molecular complexity index is 861. The van der Waals surface area contributed by atoms with E-state index in [4.69, 9.17) is 18.9 Å². The Kier molecular flexibility index (Phi) is 4.52. The van der Waals surface area contributed by atoms with Crippen LogP contribution in [0.1, 0.15) is 22.0 Å². The molecule has 2 aromatic rings. The van der Waals surface area contributed by atoms with Crippen molar-refractivity contribution in [2.24, 2.45) is 0 Å². The highest BCUT2D eigenvalue weighted by Crippen LogP contribution is 2.45. The van der Waals surface area contributed by atoms with E-state index in [1.807, 2.05) is 0 Å². The van der Waals surface area contributed by atoms with E-state index in [0.29, 0.717) is 11.3 Å². The second-order valence-corrected chi connectivity index (χ2v) is 5.64. The van der Waals surface area contributed by atoms with E-state index < -0.39 is 18.0 Å². The predicted octanol–water partition coefficient (Wildman–Crippen LogP) is 1.80. The van der Waals surface area contributed by atoms with Gasteiger partial charge in [0.1, 0.15) is 22.8 Å². The lowest BCUT2D eigenvalue weighted by atomic mass is 9.92. The minimum absolute atomic E-state index is 0.0661. The van der Waals surface area contributed by atoms with Gasteiger partial charge in [-0.3, -0.25) is 4.79 Å². The van der Waals surface area contributed by atoms with Crippen molar-refractivity contribution in [3.05, 3.63) is 35.4 Å². The van der Waals surface area contributed by atoms with Crippen molar-refractivity contribution in [2.75, 3.05) is 21.3 Å². The number of methoxy groups -OCH3 is 3. The zero-order valence-corrected chi connectivity index (χ0v) is 14.3. The molecule has 8 heteroatoms. The lowest BCUT2D eigenvalue weighted by molar-refractivity contribution is 0.0209. The normalized spacial score (nSPS) is 18.7. The van der Waals surface area contributed by atoms with E-state index in [-0.39, 0.29) is 34.3 Å². The summed E-state index contributed by atoms with van der Waals surface area (Å²) in [6.45, 7) is 0. The Labute approximate surface area is 149 Å². The van der Waals surface area contributed by atoms with E-state index in [0.717, 1.165) is 0 Å². The van der Waals surface area contributed by atoms with Gasteiger partial charge in [-0.1, -0.05) is 0 Å². The molecule has 138 valence electrons. The minimum Gasteiger partial charge on any atom is -0.507 e. The number of carbonyl (C=O) groups excluding carboxylic acids is 1. The summed E-state index contributed by atoms with van der Waals surface area (Å²) in [5.74, 6) is -0.597. The predicted molar refractivity (Wildman–Crippen MR) is 89.6 cm³/mol. The van der Waals surface area contributed by atoms with Gasteiger partial charge >= 0.3 is 0 Å². The van der Waals surface area contributed by atoms with Crippen molar-refractivity contribution in [2.45, 2.75) is 12.2 Å². The summed E-state index contributed by atoms with van der Waals surface area (Å²) < 4.78 is 21.0. The van der Waals surface area contributed by atoms with Gasteiger partial charge in [0.05, 0.1) is 21.3 Å². The zero-order valence-electron chi connectivity index (χ0n) is 14.3. The molecule has 0 saturated heterocycles. The Hall–Kier alpha value is -3.13. The lowest BCUT2D eigenvalue weighted by Gasteiger charge is -2.30. The number of aromatic hydroxyl groups is 2. The van der Waals surface area contributed by atoms with Crippen LogP contribution in [0.4, 0.5) is 0 Å². The first kappa shape index (κ1) is 17.7. The Morgan fingerprint density at radius 3 is 2.31 bits per heavy atom. The average molecular weight is 362 g/mol. The van der Waals surface area contributed by atoms with Crippen LogP contribution in [0.25, 0.3) is 0 Å². The number of ketones is 1. The second-order valence-electron chi connectivity index (χ2n) is 5.64. The molecule has 0 fully saturated rings. The number of carbonyl (C=O) groups is 1. The van der Waals surface area contributed by atoms with E-state index >= 15 is 0 Å². The molecule has 0 amide bonds. The number of aliphatic hydroxyl groups is 1. The first-order valence-electron chi connectivity index (χ1n) is 7.66. The van der Waals surface area contributed by atoms with Crippen molar-refractivity contribution in [3.63, 3.8) is 0 Å². The van der Waals surface area contributed by atoms with Crippen LogP contribution in [0.3, 0.4) is 0 Å². The third-order valence-corrected chi connectivity index (χ3v) is 4.16. The maximum absolute atomic E-state index is 12.5. The van der Waals surface area contributed by atoms with E-state index in [2.05, 4.69) is 0 Å². The molecule has 0 saturated carbocycles. The van der Waals surface area contributed by atoms with Gasteiger partial charge in [0, 0.05) is 17.7 Å². The maximum atomic E-state index is 12.5. The first-order chi connectivity index (χ1) is 12.4. The van der Waals surface area contributed by atoms with Gasteiger partial charge in [-0.2, -0.15) is 0 Å². The number of rotatable bonds is 4. The molecule has 0 radical (unpaired) electrons. The van der Waals surface area contributed by atoms with Crippen molar-refractivity contribution >= 4 is 5.78 Å². The number of benzene rings is 2. The number of aliphatic hydroxyl groups excluding tert-OH is 1. The fourth-order valence-corrected chi connectivity index (χ4v) is 2.90. The van der Waals surface area contributed by atoms with Crippen LogP contribution in [-0.4, -0.2) is 48.5 Å². The standard InChI is InChI=1S/C18H18O8/c1-23-9-6-10(19)14-12(7-9)26-17(16(22)15(14)21)8-4-11(20)18(25-3)13(5-8)24-2/h4-7,16-17,19-20,22H,1-3H3/t16-,17+/m0/s1. The molecule has 8 nitrogen and oxygen atoms in total. The number of hydrogen-bond donors (Lipinski definition) is 3. The van der Waals surface area contributed by atoms with Gasteiger partial charge in [-0.25, -0.2) is 0 Å². The summed E-state index contributed by atoms with van der Waals surface area (Å²) >= 11 is 0. The Balaban J connectivity index is 2.09. The quantitative estimate of drug-likeness (QED) is 0.754. The number of phenolic OH excluding ortho intramolecular Hbond substituents is 2. The molecule has 0 aromatic heterocycles. The molecule has 0 bridgehead atoms. The minimum atomic E-state index is -1.58. The van der Waals surface area contributed by atoms with E-state index in [9.17, 15) is 20.1 Å². The smallest absolute Gasteiger partial charge is 0.203 e. The van der Waals surface area contributed by atoms with E-state index in [1.165, 1.54) is 45.6 Å². The second kappa shape index (κ2) is 6.64. The third kappa shape index (κ3) is 2.74. The van der Waals surface area contributed by atoms with Gasteiger partial charge in [-0.05, 0) is 12.1 Å². The van der Waals surface area contributed by atoms with Crippen LogP contribution < -0.4 is 18.9 Å². The largest absolute Gasteiger partial charge is 0.507 e. The molecular formula is C18H18O8. The highest BCUT2D eigenvalue weighted by atomic mass is 16.5. The summed E-state index contributed by atoms with van der Waals surface area (Å²) in [5.41, 5.74) is 0.174. The van der Waals surface area contributed by atoms with E-state index in [1.54, 1.807) is 0 Å². The monoisotopic (exact) mass is 362 g/mol. The zero-order chi connectivity index (χ0) is 19.0. The fraction of sp³-hybridized carbons (Fsp3) is 0.278. The summed E-state index contributed by atoms with van der Waals surface area (Å²) in [5, 5.41) is 30.6. The average Bonchev–Trinajstić information content (AvgIpc) is 2.63. The molecule has 3 N–H and O–H groups in total. The lowest BCUT2D eigenvalue weighted by Crippen LogP contribution is -2.36. The molecule has 0 spiro atoms. The Morgan fingerprint density at radius 1 is 0.962 bits per heavy atom. The molecule has 0 aliphatic carbocycles. The highest BCUT2D eigenvalue weighted by Gasteiger charge is 2.39. The van der Waals surface area contributed by atoms with Crippen LogP contribution in [-0.2, 0) is 0 Å². The van der Waals surface area contributed by atoms with Crippen LogP contribution >= 0.6 is 0 Å². The number of Topliss-reactive ketones (excluding diaryl/α,β-unsaturated/α-hetero) is 1. The van der Waals surface area contributed by atoms with Gasteiger partial charge in [0.25, 0.3) is 0 Å². The Morgan fingerprint density at radius 2 is 1.69 bits per heavy atom. The SMILES string of the molecule is COc1cc(O)c2c(c1)O[C@H](c1cc(O)c(OC)c(OC)c1)[C@@H](O)C2=O. The number of hydrogen-bond acceptors (Lipinski definition) is 8. The molecule has 2 atom stereocenters. The topological polar surface area (TPSA) is 115 Å². The first-order valence-corrected chi connectivity index (χ1v) is 7.66. The number of ether oxygens (including phenoxy) is 4. The molecule has 1 aliphatic rings. The maximum Gasteiger partial charge on any atom is 0.203 e. The van der Waals surface area contributed by atoms with Crippen molar-refractivity contribution < 1.29 is 39.1 Å². The molecule has 1 aliphatic heterocycles. The third-order valence-electron chi connectivity index (χ3n) is 4.16. The van der Waals surface area contributed by atoms with Gasteiger partial charge in [-0.15, -0.1) is 0 Å². The molecular weight excluding hydrogens is 344 g/mol. The van der Waals surface area contributed by atoms with Crippen molar-refractivity contribution in [3.8, 4) is 34.5 Å². The molecule has 2 aromatic carbocycles. The van der Waals surface area contributed by atoms with Crippen LogP contribution in [0.15, 0.2) is 24.3 Å². The number of fused-ring (bicyclic) bond motifs is 1. The summed E-state index contributed by atoms with van der Waals surface area (Å²) in [6.07, 6.45) is -2.70. The number of phenols is 2. The van der Waals surface area contributed by atoms with Crippen LogP contribution in [0.5, 0.6) is 34.5 Å². The molecule has 3 rings (SSSR count). The highest BCUT2D eigenvalue weighted by molar-refractivity contribution is 6.05. The van der Waals surface area contributed by atoms with Crippen molar-refractivity contribution in [1.82, 2.24) is 0 Å². The molecule has 1 heterocycles.